The Bertz CT molecular complexity index is 982. The zero-order valence-electron chi connectivity index (χ0n) is 10.6. The van der Waals surface area contributed by atoms with Gasteiger partial charge in [0.1, 0.15) is 0 Å². The highest BCUT2D eigenvalue weighted by Crippen LogP contribution is 2.18. The molecule has 0 saturated heterocycles. The van der Waals surface area contributed by atoms with Gasteiger partial charge in [0.05, 0.1) is 28.4 Å². The average Bonchev–Trinajstić information content (AvgIpc) is 2.82. The van der Waals surface area contributed by atoms with Crippen molar-refractivity contribution in [1.29, 1.82) is 0 Å². The van der Waals surface area contributed by atoms with Crippen LogP contribution >= 0.6 is 0 Å². The highest BCUT2D eigenvalue weighted by atomic mass is 16.1. The van der Waals surface area contributed by atoms with Crippen LogP contribution in [0.25, 0.3) is 27.6 Å². The van der Waals surface area contributed by atoms with Crippen LogP contribution in [0, 0.1) is 0 Å². The molecule has 0 spiro atoms. The number of imidazole rings is 1. The van der Waals surface area contributed by atoms with E-state index in [1.54, 1.807) is 10.8 Å². The Morgan fingerprint density at radius 3 is 2.75 bits per heavy atom. The van der Waals surface area contributed by atoms with Crippen LogP contribution in [-0.4, -0.2) is 14.5 Å². The molecule has 0 unspecified atom stereocenters. The lowest BCUT2D eigenvalue weighted by Crippen LogP contribution is -2.14. The molecule has 1 N–H and O–H groups in total. The van der Waals surface area contributed by atoms with E-state index in [0.29, 0.717) is 0 Å². The van der Waals surface area contributed by atoms with Gasteiger partial charge in [0.2, 0.25) is 0 Å². The van der Waals surface area contributed by atoms with Crippen molar-refractivity contribution in [3.05, 3.63) is 71.3 Å². The molecule has 0 aliphatic heterocycles. The third kappa shape index (κ3) is 1.55. The van der Waals surface area contributed by atoms with Crippen molar-refractivity contribution >= 4 is 21.9 Å². The maximum absolute atomic E-state index is 12.2. The van der Waals surface area contributed by atoms with E-state index in [4.69, 9.17) is 0 Å². The topological polar surface area (TPSA) is 50.7 Å². The second-order valence-corrected chi connectivity index (χ2v) is 4.67. The van der Waals surface area contributed by atoms with Gasteiger partial charge in [-0.15, -0.1) is 0 Å². The fraction of sp³-hybridized carbons (Fsp3) is 0. The first-order valence-corrected chi connectivity index (χ1v) is 6.38. The van der Waals surface area contributed by atoms with Crippen molar-refractivity contribution in [3.8, 4) is 5.69 Å². The molecule has 20 heavy (non-hydrogen) atoms. The minimum absolute atomic E-state index is 0.150. The summed E-state index contributed by atoms with van der Waals surface area (Å²) in [5.41, 5.74) is 3.22. The van der Waals surface area contributed by atoms with E-state index >= 15 is 0 Å². The Morgan fingerprint density at radius 2 is 1.80 bits per heavy atom. The quantitative estimate of drug-likeness (QED) is 0.572. The van der Waals surface area contributed by atoms with Gasteiger partial charge in [0, 0.05) is 5.39 Å². The molecule has 0 aliphatic rings. The number of H-pyrrole nitrogens is 1. The van der Waals surface area contributed by atoms with Gasteiger partial charge in [0.15, 0.2) is 0 Å². The number of aromatic nitrogens is 3. The Labute approximate surface area is 114 Å². The van der Waals surface area contributed by atoms with Gasteiger partial charge in [-0.2, -0.15) is 0 Å². The number of nitrogens with one attached hydrogen (secondary N) is 1. The van der Waals surface area contributed by atoms with Gasteiger partial charge in [0.25, 0.3) is 0 Å². The smallest absolute Gasteiger partial charge is 0.305 e. The number of hydrogen-bond donors (Lipinski definition) is 1. The zero-order chi connectivity index (χ0) is 13.5. The first kappa shape index (κ1) is 11.0. The lowest BCUT2D eigenvalue weighted by molar-refractivity contribution is 1.01. The number of hydrogen-bond acceptors (Lipinski definition) is 2. The predicted molar refractivity (Wildman–Crippen MR) is 79.2 cm³/mol. The average molecular weight is 261 g/mol. The molecule has 2 aromatic heterocycles. The first-order valence-electron chi connectivity index (χ1n) is 6.38. The van der Waals surface area contributed by atoms with Gasteiger partial charge in [-0.3, -0.25) is 9.55 Å². The zero-order valence-corrected chi connectivity index (χ0v) is 10.6. The third-order valence-corrected chi connectivity index (χ3v) is 3.42. The lowest BCUT2D eigenvalue weighted by atomic mass is 10.2. The second kappa shape index (κ2) is 4.06. The van der Waals surface area contributed by atoms with Crippen LogP contribution in [-0.2, 0) is 0 Å². The summed E-state index contributed by atoms with van der Waals surface area (Å²) in [6.45, 7) is 0. The fourth-order valence-corrected chi connectivity index (χ4v) is 2.49. The highest BCUT2D eigenvalue weighted by molar-refractivity contribution is 5.82. The molecule has 0 radical (unpaired) electrons. The maximum Gasteiger partial charge on any atom is 0.331 e. The second-order valence-electron chi connectivity index (χ2n) is 4.67. The van der Waals surface area contributed by atoms with Crippen molar-refractivity contribution in [3.63, 3.8) is 0 Å². The Morgan fingerprint density at radius 1 is 1.00 bits per heavy atom. The largest absolute Gasteiger partial charge is 0.331 e. The van der Waals surface area contributed by atoms with E-state index in [1.807, 2.05) is 54.6 Å². The Hall–Kier alpha value is -2.88. The van der Waals surface area contributed by atoms with E-state index in [2.05, 4.69) is 9.97 Å². The standard InChI is InChI=1S/C16H11N3O/c20-16-18-14-7-3-4-8-15(14)19(16)12-9-11-5-1-2-6-13(11)17-10-12/h1-10H,(H,18,20). The van der Waals surface area contributed by atoms with Crippen molar-refractivity contribution in [2.75, 3.05) is 0 Å². The maximum atomic E-state index is 12.2. The van der Waals surface area contributed by atoms with Crippen molar-refractivity contribution < 1.29 is 0 Å². The third-order valence-electron chi connectivity index (χ3n) is 3.42. The number of para-hydroxylation sites is 3. The van der Waals surface area contributed by atoms with Crippen LogP contribution in [0.5, 0.6) is 0 Å². The minimum Gasteiger partial charge on any atom is -0.305 e. The number of pyridine rings is 1. The number of nitrogens with zero attached hydrogens (tertiary/aromatic N) is 2. The molecule has 0 bridgehead atoms. The first-order chi connectivity index (χ1) is 9.83. The number of benzene rings is 2. The molecule has 0 saturated carbocycles. The van der Waals surface area contributed by atoms with Crippen LogP contribution < -0.4 is 5.69 Å². The Balaban J connectivity index is 2.06. The molecule has 0 fully saturated rings. The molecular weight excluding hydrogens is 250 g/mol. The van der Waals surface area contributed by atoms with Crippen LogP contribution in [0.1, 0.15) is 0 Å². The van der Waals surface area contributed by atoms with Gasteiger partial charge < -0.3 is 4.98 Å². The molecule has 4 aromatic rings. The number of rotatable bonds is 1. The van der Waals surface area contributed by atoms with Crippen LogP contribution in [0.2, 0.25) is 0 Å². The summed E-state index contributed by atoms with van der Waals surface area (Å²) < 4.78 is 1.65. The summed E-state index contributed by atoms with van der Waals surface area (Å²) in [6.07, 6.45) is 1.73. The van der Waals surface area contributed by atoms with Gasteiger partial charge in [-0.05, 0) is 24.3 Å². The monoisotopic (exact) mass is 261 g/mol. The molecule has 4 heteroatoms. The van der Waals surface area contributed by atoms with E-state index in [-0.39, 0.29) is 5.69 Å². The van der Waals surface area contributed by atoms with Crippen molar-refractivity contribution in [1.82, 2.24) is 14.5 Å². The summed E-state index contributed by atoms with van der Waals surface area (Å²) >= 11 is 0. The molecule has 2 heterocycles. The molecule has 0 amide bonds. The van der Waals surface area contributed by atoms with Crippen LogP contribution in [0.3, 0.4) is 0 Å². The summed E-state index contributed by atoms with van der Waals surface area (Å²) in [5.74, 6) is 0. The van der Waals surface area contributed by atoms with Crippen LogP contribution in [0.4, 0.5) is 0 Å². The molecular formula is C16H11N3O. The van der Waals surface area contributed by atoms with Gasteiger partial charge >= 0.3 is 5.69 Å². The van der Waals surface area contributed by atoms with E-state index in [1.165, 1.54) is 0 Å². The Kier molecular flexibility index (Phi) is 2.23. The molecule has 0 aliphatic carbocycles. The molecule has 4 nitrogen and oxygen atoms in total. The lowest BCUT2D eigenvalue weighted by Gasteiger charge is -2.04. The number of aromatic amines is 1. The minimum atomic E-state index is -0.150. The van der Waals surface area contributed by atoms with Gasteiger partial charge in [-0.1, -0.05) is 30.3 Å². The highest BCUT2D eigenvalue weighted by Gasteiger charge is 2.08. The molecule has 96 valence electrons. The van der Waals surface area contributed by atoms with E-state index in [0.717, 1.165) is 27.6 Å². The van der Waals surface area contributed by atoms with Crippen molar-refractivity contribution in [2.24, 2.45) is 0 Å². The van der Waals surface area contributed by atoms with Crippen LogP contribution in [0.15, 0.2) is 65.6 Å². The van der Waals surface area contributed by atoms with Crippen molar-refractivity contribution in [2.45, 2.75) is 0 Å². The summed E-state index contributed by atoms with van der Waals surface area (Å²) in [5, 5.41) is 1.02. The number of fused-ring (bicyclic) bond motifs is 2. The van der Waals surface area contributed by atoms with E-state index < -0.39 is 0 Å². The molecule has 2 aromatic carbocycles. The normalized spacial score (nSPS) is 11.2. The summed E-state index contributed by atoms with van der Waals surface area (Å²) in [7, 11) is 0. The molecule has 0 atom stereocenters. The van der Waals surface area contributed by atoms with Gasteiger partial charge in [-0.25, -0.2) is 4.79 Å². The summed E-state index contributed by atoms with van der Waals surface area (Å²) in [6, 6.07) is 17.5. The fourth-order valence-electron chi connectivity index (χ4n) is 2.49. The predicted octanol–water partition coefficient (Wildman–Crippen LogP) is 2.87. The van der Waals surface area contributed by atoms with E-state index in [9.17, 15) is 4.79 Å². The summed E-state index contributed by atoms with van der Waals surface area (Å²) in [4.78, 5) is 19.4. The SMILES string of the molecule is O=c1[nH]c2ccccc2n1-c1cnc2ccccc2c1. The molecule has 4 rings (SSSR count).